The molecule has 0 radical (unpaired) electrons. The number of hydrogen-bond acceptors (Lipinski definition) is 5. The molecule has 0 spiro atoms. The maximum Gasteiger partial charge on any atom is 0.326 e. The number of carbonyl (C=O) groups excluding carboxylic acids is 1. The molecule has 21 heavy (non-hydrogen) atoms. The third-order valence-electron chi connectivity index (χ3n) is 4.09. The first-order valence-electron chi connectivity index (χ1n) is 7.64. The van der Waals surface area contributed by atoms with Gasteiger partial charge in [-0.1, -0.05) is 19.9 Å². The normalized spacial score (nSPS) is 18.9. The minimum Gasteiger partial charge on any atom is -0.468 e. The maximum absolute atomic E-state index is 12.3. The van der Waals surface area contributed by atoms with E-state index in [-0.39, 0.29) is 5.97 Å². The fraction of sp³-hybridized carbons (Fsp3) is 0.688. The van der Waals surface area contributed by atoms with Gasteiger partial charge in [0, 0.05) is 31.1 Å². The van der Waals surface area contributed by atoms with Crippen LogP contribution in [0.1, 0.15) is 31.6 Å². The van der Waals surface area contributed by atoms with Gasteiger partial charge in [0.15, 0.2) is 0 Å². The molecule has 0 bridgehead atoms. The first-order valence-corrected chi connectivity index (χ1v) is 8.52. The van der Waals surface area contributed by atoms with Gasteiger partial charge < -0.3 is 9.64 Å². The predicted molar refractivity (Wildman–Crippen MR) is 86.4 cm³/mol. The van der Waals surface area contributed by atoms with Crippen LogP contribution in [0.25, 0.3) is 0 Å². The van der Waals surface area contributed by atoms with Gasteiger partial charge in [-0.15, -0.1) is 11.3 Å². The van der Waals surface area contributed by atoms with E-state index < -0.39 is 5.54 Å². The van der Waals surface area contributed by atoms with Crippen molar-refractivity contribution in [3.63, 3.8) is 0 Å². The smallest absolute Gasteiger partial charge is 0.326 e. The summed E-state index contributed by atoms with van der Waals surface area (Å²) in [5.41, 5.74) is -0.522. The summed E-state index contributed by atoms with van der Waals surface area (Å²) in [4.78, 5) is 16.0. The standard InChI is InChI=1S/C16H26N2O2S/c1-13(2)12-18-8-6-16(7-9-18,15(19)20-3)17-11-14-5-4-10-21-14/h4-5,10,13,17H,6-9,11-12H2,1-3H3. The van der Waals surface area contributed by atoms with Crippen LogP contribution in [0.5, 0.6) is 0 Å². The average Bonchev–Trinajstić information content (AvgIpc) is 2.99. The average molecular weight is 310 g/mol. The van der Waals surface area contributed by atoms with Gasteiger partial charge in [0.2, 0.25) is 0 Å². The molecule has 0 saturated carbocycles. The Bertz CT molecular complexity index is 437. The third-order valence-corrected chi connectivity index (χ3v) is 4.97. The highest BCUT2D eigenvalue weighted by Crippen LogP contribution is 2.25. The van der Waals surface area contributed by atoms with Crippen molar-refractivity contribution in [2.45, 2.75) is 38.8 Å². The number of rotatable bonds is 6. The SMILES string of the molecule is COC(=O)C1(NCc2cccs2)CCN(CC(C)C)CC1. The highest BCUT2D eigenvalue weighted by molar-refractivity contribution is 7.09. The fourth-order valence-corrected chi connectivity index (χ4v) is 3.60. The molecule has 0 aliphatic carbocycles. The van der Waals surface area contributed by atoms with E-state index in [4.69, 9.17) is 4.74 Å². The van der Waals surface area contributed by atoms with Gasteiger partial charge in [-0.3, -0.25) is 10.1 Å². The number of likely N-dealkylation sites (tertiary alicyclic amines) is 1. The minimum absolute atomic E-state index is 0.122. The number of nitrogens with one attached hydrogen (secondary N) is 1. The summed E-state index contributed by atoms with van der Waals surface area (Å²) in [6.45, 7) is 8.20. The Morgan fingerprint density at radius 2 is 2.19 bits per heavy atom. The van der Waals surface area contributed by atoms with Crippen LogP contribution in [0.2, 0.25) is 0 Å². The molecule has 4 nitrogen and oxygen atoms in total. The van der Waals surface area contributed by atoms with Crippen LogP contribution >= 0.6 is 11.3 Å². The minimum atomic E-state index is -0.522. The number of esters is 1. The molecule has 1 saturated heterocycles. The van der Waals surface area contributed by atoms with Crippen LogP contribution in [-0.4, -0.2) is 43.2 Å². The second kappa shape index (κ2) is 7.38. The second-order valence-electron chi connectivity index (χ2n) is 6.20. The third kappa shape index (κ3) is 4.28. The monoisotopic (exact) mass is 310 g/mol. The van der Waals surface area contributed by atoms with Gasteiger partial charge in [-0.2, -0.15) is 0 Å². The van der Waals surface area contributed by atoms with Crippen LogP contribution in [0, 0.1) is 5.92 Å². The quantitative estimate of drug-likeness (QED) is 0.820. The lowest BCUT2D eigenvalue weighted by Gasteiger charge is -2.40. The van der Waals surface area contributed by atoms with Gasteiger partial charge in [0.1, 0.15) is 5.54 Å². The number of thiophene rings is 1. The van der Waals surface area contributed by atoms with Gasteiger partial charge in [0.25, 0.3) is 0 Å². The molecule has 0 aromatic carbocycles. The van der Waals surface area contributed by atoms with Gasteiger partial charge >= 0.3 is 5.97 Å². The zero-order valence-corrected chi connectivity index (χ0v) is 14.0. The molecule has 118 valence electrons. The van der Waals surface area contributed by atoms with Gasteiger partial charge in [-0.05, 0) is 30.2 Å². The van der Waals surface area contributed by atoms with Gasteiger partial charge in [0.05, 0.1) is 7.11 Å². The van der Waals surface area contributed by atoms with E-state index in [9.17, 15) is 4.79 Å². The first kappa shape index (κ1) is 16.5. The zero-order valence-electron chi connectivity index (χ0n) is 13.2. The number of piperidine rings is 1. The summed E-state index contributed by atoms with van der Waals surface area (Å²) in [6.07, 6.45) is 1.63. The number of hydrogen-bond donors (Lipinski definition) is 1. The van der Waals surface area contributed by atoms with Crippen LogP contribution in [-0.2, 0) is 16.1 Å². The Morgan fingerprint density at radius 1 is 1.48 bits per heavy atom. The first-order chi connectivity index (χ1) is 10.1. The highest BCUT2D eigenvalue weighted by Gasteiger charge is 2.42. The summed E-state index contributed by atoms with van der Waals surface area (Å²) < 4.78 is 5.06. The van der Waals surface area contributed by atoms with E-state index in [1.165, 1.54) is 12.0 Å². The summed E-state index contributed by atoms with van der Waals surface area (Å²) in [5, 5.41) is 5.53. The van der Waals surface area contributed by atoms with Crippen molar-refractivity contribution < 1.29 is 9.53 Å². The van der Waals surface area contributed by atoms with Gasteiger partial charge in [-0.25, -0.2) is 0 Å². The van der Waals surface area contributed by atoms with Crippen LogP contribution in [0.3, 0.4) is 0 Å². The van der Waals surface area contributed by atoms with Crippen molar-refractivity contribution in [1.82, 2.24) is 10.2 Å². The van der Waals surface area contributed by atoms with Crippen LogP contribution in [0.4, 0.5) is 0 Å². The number of nitrogens with zero attached hydrogens (tertiary/aromatic N) is 1. The molecule has 0 atom stereocenters. The molecule has 1 N–H and O–H groups in total. The maximum atomic E-state index is 12.3. The molecule has 2 heterocycles. The largest absolute Gasteiger partial charge is 0.468 e. The Balaban J connectivity index is 1.97. The Labute approximate surface area is 131 Å². The molecule has 5 heteroatoms. The highest BCUT2D eigenvalue weighted by atomic mass is 32.1. The van der Waals surface area contributed by atoms with Crippen molar-refractivity contribution in [3.05, 3.63) is 22.4 Å². The Morgan fingerprint density at radius 3 is 2.71 bits per heavy atom. The summed E-state index contributed by atoms with van der Waals surface area (Å²) in [7, 11) is 1.48. The summed E-state index contributed by atoms with van der Waals surface area (Å²) in [6, 6.07) is 4.13. The molecule has 1 aliphatic rings. The topological polar surface area (TPSA) is 41.6 Å². The number of ether oxygens (including phenoxy) is 1. The Hall–Kier alpha value is -0.910. The van der Waals surface area contributed by atoms with E-state index in [1.54, 1.807) is 11.3 Å². The van der Waals surface area contributed by atoms with Crippen molar-refractivity contribution in [2.24, 2.45) is 5.92 Å². The molecular weight excluding hydrogens is 284 g/mol. The number of carbonyl (C=O) groups is 1. The lowest BCUT2D eigenvalue weighted by Crippen LogP contribution is -2.58. The molecule has 1 aromatic heterocycles. The van der Waals surface area contributed by atoms with Crippen molar-refractivity contribution in [3.8, 4) is 0 Å². The summed E-state index contributed by atoms with van der Waals surface area (Å²) >= 11 is 1.71. The lowest BCUT2D eigenvalue weighted by atomic mass is 9.87. The predicted octanol–water partition coefficient (Wildman–Crippen LogP) is 2.50. The van der Waals surface area contributed by atoms with E-state index in [1.807, 2.05) is 6.07 Å². The van der Waals surface area contributed by atoms with E-state index in [2.05, 4.69) is 35.5 Å². The van der Waals surface area contributed by atoms with E-state index in [0.717, 1.165) is 39.0 Å². The zero-order chi connectivity index (χ0) is 15.3. The molecule has 1 aliphatic heterocycles. The number of methoxy groups -OCH3 is 1. The van der Waals surface area contributed by atoms with E-state index in [0.29, 0.717) is 5.92 Å². The second-order valence-corrected chi connectivity index (χ2v) is 7.23. The molecule has 0 amide bonds. The van der Waals surface area contributed by atoms with E-state index >= 15 is 0 Å². The Kier molecular flexibility index (Phi) is 5.79. The van der Waals surface area contributed by atoms with Crippen LogP contribution < -0.4 is 5.32 Å². The lowest BCUT2D eigenvalue weighted by molar-refractivity contribution is -0.151. The fourth-order valence-electron chi connectivity index (χ4n) is 2.95. The van der Waals surface area contributed by atoms with Crippen molar-refractivity contribution >= 4 is 17.3 Å². The van der Waals surface area contributed by atoms with Crippen LogP contribution in [0.15, 0.2) is 17.5 Å². The molecule has 1 aromatic rings. The van der Waals surface area contributed by atoms with Crippen molar-refractivity contribution in [2.75, 3.05) is 26.7 Å². The van der Waals surface area contributed by atoms with Crippen molar-refractivity contribution in [1.29, 1.82) is 0 Å². The molecular formula is C16H26N2O2S. The molecule has 0 unspecified atom stereocenters. The summed E-state index contributed by atoms with van der Waals surface area (Å²) in [5.74, 6) is 0.540. The molecule has 2 rings (SSSR count). The molecule has 1 fully saturated rings.